The van der Waals surface area contributed by atoms with Gasteiger partial charge in [-0.25, -0.2) is 4.79 Å². The average Bonchev–Trinajstić information content (AvgIpc) is 2.46. The molecule has 1 aliphatic rings. The minimum atomic E-state index is -0.315. The number of thiocarbonyl (C=S) groups is 1. The number of methoxy groups -OCH3 is 1. The summed E-state index contributed by atoms with van der Waals surface area (Å²) < 4.78 is 4.68. The summed E-state index contributed by atoms with van der Waals surface area (Å²) in [5, 5.41) is 0. The second-order valence-corrected chi connectivity index (χ2v) is 5.43. The molecule has 1 heterocycles. The SMILES string of the molecule is COC(=O)c1ccc(C(=S)N2CCC(C)CC2)cc1. The van der Waals surface area contributed by atoms with Gasteiger partial charge in [0, 0.05) is 18.7 Å². The third-order valence-electron chi connectivity index (χ3n) is 3.62. The fraction of sp³-hybridized carbons (Fsp3) is 0.467. The van der Waals surface area contributed by atoms with Crippen LogP contribution >= 0.6 is 12.2 Å². The monoisotopic (exact) mass is 277 g/mol. The van der Waals surface area contributed by atoms with Gasteiger partial charge < -0.3 is 9.64 Å². The molecule has 1 aliphatic heterocycles. The molecule has 4 heteroatoms. The van der Waals surface area contributed by atoms with Gasteiger partial charge in [-0.15, -0.1) is 0 Å². The quantitative estimate of drug-likeness (QED) is 0.614. The minimum absolute atomic E-state index is 0.315. The molecule has 1 aromatic rings. The van der Waals surface area contributed by atoms with Crippen LogP contribution in [0.5, 0.6) is 0 Å². The molecule has 0 bridgehead atoms. The van der Waals surface area contributed by atoms with Crippen LogP contribution in [-0.2, 0) is 4.74 Å². The summed E-state index contributed by atoms with van der Waals surface area (Å²) >= 11 is 5.53. The summed E-state index contributed by atoms with van der Waals surface area (Å²) in [6.45, 7) is 4.34. The predicted molar refractivity (Wildman–Crippen MR) is 79.5 cm³/mol. The number of piperidine rings is 1. The van der Waals surface area contributed by atoms with Crippen LogP contribution in [0.1, 0.15) is 35.7 Å². The van der Waals surface area contributed by atoms with Crippen LogP contribution in [0.2, 0.25) is 0 Å². The Morgan fingerprint density at radius 3 is 2.26 bits per heavy atom. The molecule has 0 N–H and O–H groups in total. The van der Waals surface area contributed by atoms with Crippen LogP contribution < -0.4 is 0 Å². The summed E-state index contributed by atoms with van der Waals surface area (Å²) in [7, 11) is 1.38. The number of carbonyl (C=O) groups is 1. The summed E-state index contributed by atoms with van der Waals surface area (Å²) in [5.74, 6) is 0.477. The Morgan fingerprint density at radius 2 is 1.74 bits per heavy atom. The molecule has 0 atom stereocenters. The number of carbonyl (C=O) groups excluding carboxylic acids is 1. The van der Waals surface area contributed by atoms with E-state index in [1.165, 1.54) is 20.0 Å². The fourth-order valence-electron chi connectivity index (χ4n) is 2.26. The largest absolute Gasteiger partial charge is 0.465 e. The number of nitrogens with zero attached hydrogens (tertiary/aromatic N) is 1. The van der Waals surface area contributed by atoms with Crippen molar-refractivity contribution in [2.24, 2.45) is 5.92 Å². The van der Waals surface area contributed by atoms with Gasteiger partial charge in [0.2, 0.25) is 0 Å². The summed E-state index contributed by atoms with van der Waals surface area (Å²) in [4.78, 5) is 14.5. The maximum absolute atomic E-state index is 11.4. The molecule has 19 heavy (non-hydrogen) atoms. The van der Waals surface area contributed by atoms with Gasteiger partial charge >= 0.3 is 5.97 Å². The highest BCUT2D eigenvalue weighted by molar-refractivity contribution is 7.80. The predicted octanol–water partition coefficient (Wildman–Crippen LogP) is 2.88. The topological polar surface area (TPSA) is 29.5 Å². The Labute approximate surface area is 119 Å². The first kappa shape index (κ1) is 14.0. The maximum Gasteiger partial charge on any atom is 0.337 e. The number of rotatable bonds is 2. The molecule has 1 fully saturated rings. The number of hydrogen-bond donors (Lipinski definition) is 0. The van der Waals surface area contributed by atoms with Crippen LogP contribution in [0.25, 0.3) is 0 Å². The molecule has 0 radical (unpaired) electrons. The molecule has 0 aromatic heterocycles. The van der Waals surface area contributed by atoms with Crippen LogP contribution in [0.3, 0.4) is 0 Å². The molecular weight excluding hydrogens is 258 g/mol. The van der Waals surface area contributed by atoms with Gasteiger partial charge in [0.1, 0.15) is 4.99 Å². The van der Waals surface area contributed by atoms with Crippen molar-refractivity contribution in [1.82, 2.24) is 4.90 Å². The lowest BCUT2D eigenvalue weighted by Crippen LogP contribution is -2.37. The van der Waals surface area contributed by atoms with E-state index < -0.39 is 0 Å². The van der Waals surface area contributed by atoms with Gasteiger partial charge in [-0.05, 0) is 30.9 Å². The van der Waals surface area contributed by atoms with Crippen molar-refractivity contribution in [1.29, 1.82) is 0 Å². The molecule has 0 aliphatic carbocycles. The molecule has 3 nitrogen and oxygen atoms in total. The summed E-state index contributed by atoms with van der Waals surface area (Å²) in [6, 6.07) is 7.32. The van der Waals surface area contributed by atoms with Gasteiger partial charge in [-0.2, -0.15) is 0 Å². The summed E-state index contributed by atoms with van der Waals surface area (Å²) in [6.07, 6.45) is 2.39. The Bertz CT molecular complexity index is 462. The Kier molecular flexibility index (Phi) is 4.53. The Balaban J connectivity index is 2.05. The fourth-order valence-corrected chi connectivity index (χ4v) is 2.58. The van der Waals surface area contributed by atoms with E-state index in [4.69, 9.17) is 12.2 Å². The van der Waals surface area contributed by atoms with Crippen LogP contribution in [0, 0.1) is 5.92 Å². The number of ether oxygens (including phenoxy) is 1. The van der Waals surface area contributed by atoms with Gasteiger partial charge in [-0.3, -0.25) is 0 Å². The van der Waals surface area contributed by atoms with Gasteiger partial charge in [-0.1, -0.05) is 31.3 Å². The van der Waals surface area contributed by atoms with E-state index in [9.17, 15) is 4.79 Å². The van der Waals surface area contributed by atoms with E-state index in [1.54, 1.807) is 12.1 Å². The molecule has 1 aromatic carbocycles. The zero-order valence-corrected chi connectivity index (χ0v) is 12.2. The standard InChI is InChI=1S/C15H19NO2S/c1-11-7-9-16(10-8-11)14(19)12-3-5-13(6-4-12)15(17)18-2/h3-6,11H,7-10H2,1-2H3. The molecule has 2 rings (SSSR count). The second kappa shape index (κ2) is 6.15. The van der Waals surface area contributed by atoms with Crippen molar-refractivity contribution in [3.63, 3.8) is 0 Å². The van der Waals surface area contributed by atoms with E-state index in [0.29, 0.717) is 5.56 Å². The van der Waals surface area contributed by atoms with Crippen molar-refractivity contribution in [2.45, 2.75) is 19.8 Å². The first-order valence-corrected chi connectivity index (χ1v) is 7.00. The van der Waals surface area contributed by atoms with Crippen molar-refractivity contribution < 1.29 is 9.53 Å². The lowest BCUT2D eigenvalue weighted by atomic mass is 9.99. The van der Waals surface area contributed by atoms with Crippen molar-refractivity contribution >= 4 is 23.2 Å². The third-order valence-corrected chi connectivity index (χ3v) is 4.12. The first-order chi connectivity index (χ1) is 9.11. The zero-order chi connectivity index (χ0) is 13.8. The van der Waals surface area contributed by atoms with Crippen LogP contribution in [0.15, 0.2) is 24.3 Å². The highest BCUT2D eigenvalue weighted by Gasteiger charge is 2.18. The lowest BCUT2D eigenvalue weighted by Gasteiger charge is -2.32. The molecule has 0 spiro atoms. The van der Waals surface area contributed by atoms with E-state index in [0.717, 1.165) is 29.6 Å². The van der Waals surface area contributed by atoms with Gasteiger partial charge in [0.05, 0.1) is 12.7 Å². The van der Waals surface area contributed by atoms with Crippen LogP contribution in [-0.4, -0.2) is 36.1 Å². The molecule has 0 unspecified atom stereocenters. The van der Waals surface area contributed by atoms with Crippen molar-refractivity contribution in [3.8, 4) is 0 Å². The maximum atomic E-state index is 11.4. The molecule has 1 saturated heterocycles. The Hall–Kier alpha value is -1.42. The van der Waals surface area contributed by atoms with Crippen molar-refractivity contribution in [3.05, 3.63) is 35.4 Å². The first-order valence-electron chi connectivity index (χ1n) is 6.59. The van der Waals surface area contributed by atoms with E-state index in [1.807, 2.05) is 12.1 Å². The van der Waals surface area contributed by atoms with Crippen LogP contribution in [0.4, 0.5) is 0 Å². The van der Waals surface area contributed by atoms with Gasteiger partial charge in [0.15, 0.2) is 0 Å². The molecule has 0 saturated carbocycles. The Morgan fingerprint density at radius 1 is 1.21 bits per heavy atom. The minimum Gasteiger partial charge on any atom is -0.465 e. The van der Waals surface area contributed by atoms with Gasteiger partial charge in [0.25, 0.3) is 0 Å². The molecular formula is C15H19NO2S. The number of esters is 1. The highest BCUT2D eigenvalue weighted by Crippen LogP contribution is 2.19. The van der Waals surface area contributed by atoms with Crippen molar-refractivity contribution in [2.75, 3.05) is 20.2 Å². The summed E-state index contributed by atoms with van der Waals surface area (Å²) in [5.41, 5.74) is 1.55. The lowest BCUT2D eigenvalue weighted by molar-refractivity contribution is 0.0600. The normalized spacial score (nSPS) is 16.2. The number of benzene rings is 1. The van der Waals surface area contributed by atoms with E-state index in [-0.39, 0.29) is 5.97 Å². The third kappa shape index (κ3) is 3.32. The number of likely N-dealkylation sites (tertiary alicyclic amines) is 1. The molecule has 102 valence electrons. The second-order valence-electron chi connectivity index (χ2n) is 5.04. The van der Waals surface area contributed by atoms with E-state index >= 15 is 0 Å². The zero-order valence-electron chi connectivity index (χ0n) is 11.4. The van der Waals surface area contributed by atoms with E-state index in [2.05, 4.69) is 16.6 Å². The smallest absolute Gasteiger partial charge is 0.337 e. The highest BCUT2D eigenvalue weighted by atomic mass is 32.1. The number of hydrogen-bond acceptors (Lipinski definition) is 3. The average molecular weight is 277 g/mol. The molecule has 0 amide bonds.